The molecular weight excluding hydrogens is 366 g/mol. The van der Waals surface area contributed by atoms with Gasteiger partial charge in [-0.2, -0.15) is 10.5 Å². The second-order valence-corrected chi connectivity index (χ2v) is 6.09. The van der Waals surface area contributed by atoms with Gasteiger partial charge in [-0.15, -0.1) is 5.10 Å². The first kappa shape index (κ1) is 18.0. The summed E-state index contributed by atoms with van der Waals surface area (Å²) < 4.78 is 13.1. The van der Waals surface area contributed by atoms with E-state index in [1.165, 1.54) is 0 Å². The predicted octanol–water partition coefficient (Wildman–Crippen LogP) is 4.35. The lowest BCUT2D eigenvalue weighted by atomic mass is 10.1. The lowest BCUT2D eigenvalue weighted by Crippen LogP contribution is -2.02. The third-order valence-corrected chi connectivity index (χ3v) is 4.28. The van der Waals surface area contributed by atoms with Crippen LogP contribution in [0.5, 0.6) is 17.2 Å². The third-order valence-electron chi connectivity index (χ3n) is 4.28. The first-order valence-corrected chi connectivity index (χ1v) is 8.93. The van der Waals surface area contributed by atoms with Gasteiger partial charge in [0.15, 0.2) is 5.75 Å². The topological polar surface area (TPSA) is 96.8 Å². The molecule has 4 rings (SSSR count). The van der Waals surface area contributed by atoms with E-state index in [0.717, 1.165) is 11.3 Å². The highest BCUT2D eigenvalue weighted by molar-refractivity contribution is 5.77. The van der Waals surface area contributed by atoms with E-state index in [1.54, 1.807) is 41.1 Å². The highest BCUT2D eigenvalue weighted by Crippen LogP contribution is 2.33. The Kier molecular flexibility index (Phi) is 4.79. The molecule has 0 bridgehead atoms. The molecule has 0 aliphatic carbocycles. The molecule has 29 heavy (non-hydrogen) atoms. The van der Waals surface area contributed by atoms with Gasteiger partial charge in [-0.05, 0) is 49.4 Å². The lowest BCUT2D eigenvalue weighted by Gasteiger charge is -2.13. The standard InChI is InChI=1S/C22H15N5O2/c1-2-28-17-7-9-18(10-8-17)29-22-12-16(14-24)15(13-23)11-21(22)27-20-6-4-3-5-19(20)25-26-27/h3-12H,2H2,1H3. The lowest BCUT2D eigenvalue weighted by molar-refractivity contribution is 0.339. The maximum absolute atomic E-state index is 9.45. The number of ether oxygens (including phenoxy) is 2. The fourth-order valence-electron chi connectivity index (χ4n) is 2.95. The Labute approximate surface area is 166 Å². The van der Waals surface area contributed by atoms with Crippen LogP contribution in [-0.2, 0) is 0 Å². The number of nitrogens with zero attached hydrogens (tertiary/aromatic N) is 5. The number of rotatable bonds is 5. The maximum atomic E-state index is 9.45. The van der Waals surface area contributed by atoms with Crippen LogP contribution >= 0.6 is 0 Å². The van der Waals surface area contributed by atoms with Crippen molar-refractivity contribution in [3.8, 4) is 35.1 Å². The van der Waals surface area contributed by atoms with Crippen molar-refractivity contribution in [3.63, 3.8) is 0 Å². The third kappa shape index (κ3) is 3.45. The Bertz CT molecular complexity index is 1260. The molecule has 0 saturated heterocycles. The molecule has 1 aromatic heterocycles. The van der Waals surface area contributed by atoms with Crippen molar-refractivity contribution in [1.29, 1.82) is 10.5 Å². The summed E-state index contributed by atoms with van der Waals surface area (Å²) in [6.45, 7) is 2.49. The van der Waals surface area contributed by atoms with Gasteiger partial charge in [0.05, 0.1) is 23.3 Å². The van der Waals surface area contributed by atoms with Gasteiger partial charge in [0.2, 0.25) is 0 Å². The van der Waals surface area contributed by atoms with Crippen LogP contribution < -0.4 is 9.47 Å². The number of fused-ring (bicyclic) bond motifs is 1. The van der Waals surface area contributed by atoms with Gasteiger partial charge in [-0.25, -0.2) is 4.68 Å². The number of hydrogen-bond acceptors (Lipinski definition) is 6. The van der Waals surface area contributed by atoms with Crippen LogP contribution in [0.25, 0.3) is 16.7 Å². The zero-order valence-electron chi connectivity index (χ0n) is 15.5. The van der Waals surface area contributed by atoms with Crippen LogP contribution in [0.3, 0.4) is 0 Å². The average molecular weight is 381 g/mol. The molecule has 4 aromatic rings. The second kappa shape index (κ2) is 7.71. The van der Waals surface area contributed by atoms with Gasteiger partial charge >= 0.3 is 0 Å². The van der Waals surface area contributed by atoms with Gasteiger partial charge in [0.1, 0.15) is 34.8 Å². The van der Waals surface area contributed by atoms with Crippen molar-refractivity contribution < 1.29 is 9.47 Å². The summed E-state index contributed by atoms with van der Waals surface area (Å²) in [5.74, 6) is 1.69. The van der Waals surface area contributed by atoms with Gasteiger partial charge in [-0.3, -0.25) is 0 Å². The molecule has 0 atom stereocenters. The molecule has 0 N–H and O–H groups in total. The van der Waals surface area contributed by atoms with E-state index in [-0.39, 0.29) is 11.1 Å². The molecule has 0 aliphatic rings. The molecule has 0 saturated carbocycles. The Morgan fingerprint density at radius 2 is 1.62 bits per heavy atom. The van der Waals surface area contributed by atoms with Crippen LogP contribution in [0.15, 0.2) is 60.7 Å². The Morgan fingerprint density at radius 1 is 0.931 bits per heavy atom. The molecule has 1 heterocycles. The Hall–Kier alpha value is -4.36. The number of para-hydroxylation sites is 1. The van der Waals surface area contributed by atoms with Crippen molar-refractivity contribution >= 4 is 11.0 Å². The van der Waals surface area contributed by atoms with E-state index < -0.39 is 0 Å². The molecule has 0 unspecified atom stereocenters. The number of benzene rings is 3. The van der Waals surface area contributed by atoms with E-state index in [1.807, 2.05) is 37.3 Å². The summed E-state index contributed by atoms with van der Waals surface area (Å²) in [7, 11) is 0. The number of aromatic nitrogens is 3. The van der Waals surface area contributed by atoms with Crippen molar-refractivity contribution in [2.75, 3.05) is 6.61 Å². The summed E-state index contributed by atoms with van der Waals surface area (Å²) >= 11 is 0. The van der Waals surface area contributed by atoms with Gasteiger partial charge in [-0.1, -0.05) is 17.3 Å². The monoisotopic (exact) mass is 381 g/mol. The van der Waals surface area contributed by atoms with E-state index >= 15 is 0 Å². The zero-order chi connectivity index (χ0) is 20.2. The summed E-state index contributed by atoms with van der Waals surface area (Å²) in [5.41, 5.74) is 2.45. The normalized spacial score (nSPS) is 10.3. The van der Waals surface area contributed by atoms with E-state index in [4.69, 9.17) is 9.47 Å². The summed E-state index contributed by atoms with van der Waals surface area (Å²) in [6, 6.07) is 21.9. The molecule has 0 fully saturated rings. The van der Waals surface area contributed by atoms with Crippen molar-refractivity contribution in [2.45, 2.75) is 6.92 Å². The molecule has 0 spiro atoms. The largest absolute Gasteiger partial charge is 0.494 e. The summed E-state index contributed by atoms with van der Waals surface area (Å²) in [4.78, 5) is 0. The van der Waals surface area contributed by atoms with Crippen LogP contribution in [0.4, 0.5) is 0 Å². The van der Waals surface area contributed by atoms with Crippen molar-refractivity contribution in [1.82, 2.24) is 15.0 Å². The molecule has 0 radical (unpaired) electrons. The first-order chi connectivity index (χ1) is 14.2. The minimum atomic E-state index is 0.224. The molecular formula is C22H15N5O2. The van der Waals surface area contributed by atoms with Crippen LogP contribution in [0.1, 0.15) is 18.1 Å². The SMILES string of the molecule is CCOc1ccc(Oc2cc(C#N)c(C#N)cc2-n2nnc3ccccc32)cc1. The Morgan fingerprint density at radius 3 is 2.34 bits per heavy atom. The predicted molar refractivity (Wildman–Crippen MR) is 106 cm³/mol. The summed E-state index contributed by atoms with van der Waals surface area (Å²) in [5, 5.41) is 27.2. The molecule has 0 amide bonds. The molecule has 3 aromatic carbocycles. The highest BCUT2D eigenvalue weighted by Gasteiger charge is 2.17. The quantitative estimate of drug-likeness (QED) is 0.510. The van der Waals surface area contributed by atoms with Crippen LogP contribution in [0, 0.1) is 22.7 Å². The maximum Gasteiger partial charge on any atom is 0.154 e. The fourth-order valence-corrected chi connectivity index (χ4v) is 2.95. The molecule has 7 nitrogen and oxygen atoms in total. The van der Waals surface area contributed by atoms with Crippen LogP contribution in [0.2, 0.25) is 0 Å². The van der Waals surface area contributed by atoms with Gasteiger partial charge < -0.3 is 9.47 Å². The second-order valence-electron chi connectivity index (χ2n) is 6.09. The van der Waals surface area contributed by atoms with E-state index in [9.17, 15) is 10.5 Å². The molecule has 140 valence electrons. The number of hydrogen-bond donors (Lipinski definition) is 0. The number of nitriles is 2. The van der Waals surface area contributed by atoms with Gasteiger partial charge in [0.25, 0.3) is 0 Å². The Balaban J connectivity index is 1.84. The minimum absolute atomic E-state index is 0.224. The van der Waals surface area contributed by atoms with Crippen molar-refractivity contribution in [2.24, 2.45) is 0 Å². The zero-order valence-corrected chi connectivity index (χ0v) is 15.5. The van der Waals surface area contributed by atoms with Gasteiger partial charge in [0, 0.05) is 6.07 Å². The van der Waals surface area contributed by atoms with Crippen LogP contribution in [-0.4, -0.2) is 21.6 Å². The smallest absolute Gasteiger partial charge is 0.154 e. The van der Waals surface area contributed by atoms with E-state index in [2.05, 4.69) is 16.4 Å². The fraction of sp³-hybridized carbons (Fsp3) is 0.0909. The minimum Gasteiger partial charge on any atom is -0.494 e. The summed E-state index contributed by atoms with van der Waals surface area (Å²) in [6.07, 6.45) is 0. The highest BCUT2D eigenvalue weighted by atomic mass is 16.5. The molecule has 0 aliphatic heterocycles. The first-order valence-electron chi connectivity index (χ1n) is 8.93. The molecule has 7 heteroatoms. The van der Waals surface area contributed by atoms with E-state index in [0.29, 0.717) is 29.3 Å². The average Bonchev–Trinajstić information content (AvgIpc) is 3.19. The van der Waals surface area contributed by atoms with Crippen molar-refractivity contribution in [3.05, 3.63) is 71.8 Å².